The van der Waals surface area contributed by atoms with Crippen molar-refractivity contribution in [1.82, 2.24) is 9.88 Å². The molecule has 0 radical (unpaired) electrons. The molecular weight excluding hydrogens is 474 g/mol. The molecule has 0 spiro atoms. The highest BCUT2D eigenvalue weighted by atomic mass is 35.5. The van der Waals surface area contributed by atoms with E-state index in [1.807, 2.05) is 61.5 Å². The molecule has 1 unspecified atom stereocenters. The van der Waals surface area contributed by atoms with E-state index in [0.29, 0.717) is 23.7 Å². The summed E-state index contributed by atoms with van der Waals surface area (Å²) < 4.78 is 5.60. The van der Waals surface area contributed by atoms with Crippen molar-refractivity contribution in [3.05, 3.63) is 94.4 Å². The summed E-state index contributed by atoms with van der Waals surface area (Å²) in [6.45, 7) is 4.46. The molecule has 0 bridgehead atoms. The van der Waals surface area contributed by atoms with Gasteiger partial charge in [-0.05, 0) is 68.1 Å². The molecule has 1 aliphatic rings. The molecule has 1 atom stereocenters. The van der Waals surface area contributed by atoms with E-state index in [9.17, 15) is 9.90 Å². The Kier molecular flexibility index (Phi) is 7.25. The topological polar surface area (TPSA) is 69.8 Å². The molecular formula is C29H30ClN3O3. The van der Waals surface area contributed by atoms with Crippen LogP contribution in [0.15, 0.2) is 71.3 Å². The summed E-state index contributed by atoms with van der Waals surface area (Å²) in [6, 6.07) is 19.1. The van der Waals surface area contributed by atoms with Gasteiger partial charge in [0.25, 0.3) is 5.91 Å². The van der Waals surface area contributed by atoms with Gasteiger partial charge >= 0.3 is 0 Å². The second kappa shape index (κ2) is 10.7. The summed E-state index contributed by atoms with van der Waals surface area (Å²) in [5.74, 6) is 1.69. The first-order valence-electron chi connectivity index (χ1n) is 12.3. The van der Waals surface area contributed by atoms with Crippen molar-refractivity contribution in [3.8, 4) is 0 Å². The summed E-state index contributed by atoms with van der Waals surface area (Å²) in [6.07, 6.45) is 3.61. The van der Waals surface area contributed by atoms with Crippen LogP contribution < -0.4 is 4.90 Å². The summed E-state index contributed by atoms with van der Waals surface area (Å²) in [5, 5.41) is 11.4. The number of aliphatic hydroxyl groups is 1. The number of anilines is 1. The summed E-state index contributed by atoms with van der Waals surface area (Å²) in [7, 11) is 0. The van der Waals surface area contributed by atoms with E-state index >= 15 is 0 Å². The number of benzene rings is 2. The minimum atomic E-state index is -0.0690. The Morgan fingerprint density at radius 3 is 2.75 bits per heavy atom. The molecule has 1 fully saturated rings. The van der Waals surface area contributed by atoms with Crippen molar-refractivity contribution in [2.45, 2.75) is 32.9 Å². The van der Waals surface area contributed by atoms with Crippen LogP contribution in [0.2, 0.25) is 5.02 Å². The number of nitrogens with zero attached hydrogens (tertiary/aromatic N) is 3. The van der Waals surface area contributed by atoms with Gasteiger partial charge in [0.05, 0.1) is 24.9 Å². The van der Waals surface area contributed by atoms with Gasteiger partial charge in [-0.1, -0.05) is 35.4 Å². The van der Waals surface area contributed by atoms with Gasteiger partial charge in [0.1, 0.15) is 11.6 Å². The molecule has 3 heterocycles. The number of aryl methyl sites for hydroxylation is 1. The number of aromatic nitrogens is 1. The number of aliphatic hydroxyl groups excluding tert-OH is 1. The van der Waals surface area contributed by atoms with E-state index < -0.39 is 0 Å². The van der Waals surface area contributed by atoms with Gasteiger partial charge in [-0.15, -0.1) is 0 Å². The Bertz CT molecular complexity index is 1340. The zero-order chi connectivity index (χ0) is 25.1. The molecule has 1 saturated heterocycles. The van der Waals surface area contributed by atoms with Crippen molar-refractivity contribution in [1.29, 1.82) is 0 Å². The first-order valence-corrected chi connectivity index (χ1v) is 12.7. The van der Waals surface area contributed by atoms with Crippen molar-refractivity contribution >= 4 is 34.2 Å². The van der Waals surface area contributed by atoms with Crippen LogP contribution >= 0.6 is 11.6 Å². The number of furan rings is 1. The molecule has 1 amide bonds. The van der Waals surface area contributed by atoms with E-state index in [-0.39, 0.29) is 18.4 Å². The van der Waals surface area contributed by atoms with Crippen molar-refractivity contribution in [2.24, 2.45) is 5.92 Å². The average molecular weight is 504 g/mol. The highest BCUT2D eigenvalue weighted by Gasteiger charge is 2.25. The molecule has 5 rings (SSSR count). The molecule has 4 aromatic rings. The molecule has 1 aliphatic heterocycles. The van der Waals surface area contributed by atoms with Crippen LogP contribution in [0.3, 0.4) is 0 Å². The average Bonchev–Trinajstić information content (AvgIpc) is 3.41. The van der Waals surface area contributed by atoms with Crippen LogP contribution in [-0.4, -0.2) is 40.6 Å². The Morgan fingerprint density at radius 1 is 1.17 bits per heavy atom. The van der Waals surface area contributed by atoms with Gasteiger partial charge in [-0.3, -0.25) is 4.79 Å². The first-order chi connectivity index (χ1) is 17.5. The SMILES string of the molecule is Cc1ccc(C(=O)N(Cc2ccco2)Cc2cc3ccc(Cl)cc3nc2N2CCCC(CO)C2)cc1. The molecule has 1 N–H and O–H groups in total. The lowest BCUT2D eigenvalue weighted by Crippen LogP contribution is -2.38. The summed E-state index contributed by atoms with van der Waals surface area (Å²) in [5.41, 5.74) is 3.50. The number of hydrogen-bond acceptors (Lipinski definition) is 5. The Balaban J connectivity index is 1.55. The largest absolute Gasteiger partial charge is 0.467 e. The van der Waals surface area contributed by atoms with Gasteiger partial charge in [0.15, 0.2) is 0 Å². The maximum atomic E-state index is 13.7. The predicted molar refractivity (Wildman–Crippen MR) is 142 cm³/mol. The minimum absolute atomic E-state index is 0.0690. The second-order valence-electron chi connectivity index (χ2n) is 9.55. The molecule has 186 valence electrons. The van der Waals surface area contributed by atoms with E-state index in [4.69, 9.17) is 21.0 Å². The smallest absolute Gasteiger partial charge is 0.254 e. The number of rotatable bonds is 7. The van der Waals surface area contributed by atoms with Crippen molar-refractivity contribution in [2.75, 3.05) is 24.6 Å². The van der Waals surface area contributed by atoms with Gasteiger partial charge in [0, 0.05) is 41.2 Å². The van der Waals surface area contributed by atoms with Gasteiger partial charge in [0.2, 0.25) is 0 Å². The van der Waals surface area contributed by atoms with Gasteiger partial charge < -0.3 is 19.3 Å². The highest BCUT2D eigenvalue weighted by molar-refractivity contribution is 6.31. The molecule has 36 heavy (non-hydrogen) atoms. The van der Waals surface area contributed by atoms with Crippen LogP contribution in [0.1, 0.15) is 40.1 Å². The van der Waals surface area contributed by atoms with Crippen molar-refractivity contribution in [3.63, 3.8) is 0 Å². The number of amides is 1. The zero-order valence-electron chi connectivity index (χ0n) is 20.4. The van der Waals surface area contributed by atoms with E-state index in [1.165, 1.54) is 0 Å². The van der Waals surface area contributed by atoms with Crippen LogP contribution in [0.5, 0.6) is 0 Å². The number of hydrogen-bond donors (Lipinski definition) is 1. The Morgan fingerprint density at radius 2 is 2.00 bits per heavy atom. The van der Waals surface area contributed by atoms with Gasteiger partial charge in [-0.2, -0.15) is 0 Å². The molecule has 0 saturated carbocycles. The summed E-state index contributed by atoms with van der Waals surface area (Å²) >= 11 is 6.28. The number of piperidine rings is 1. The lowest BCUT2D eigenvalue weighted by atomic mass is 9.98. The standard InChI is InChI=1S/C29H30ClN3O3/c1-20-6-8-22(9-7-20)29(35)33(18-26-5-3-13-36-26)17-24-14-23-10-11-25(30)15-27(23)31-28(24)32-12-2-4-21(16-32)19-34/h3,5-11,13-15,21,34H,2,4,12,16-19H2,1H3. The van der Waals surface area contributed by atoms with E-state index in [1.54, 1.807) is 11.2 Å². The highest BCUT2D eigenvalue weighted by Crippen LogP contribution is 2.30. The quantitative estimate of drug-likeness (QED) is 0.343. The third-order valence-corrected chi connectivity index (χ3v) is 7.02. The lowest BCUT2D eigenvalue weighted by Gasteiger charge is -2.35. The Labute approximate surface area is 216 Å². The first kappa shape index (κ1) is 24.3. The van der Waals surface area contributed by atoms with Crippen molar-refractivity contribution < 1.29 is 14.3 Å². The third kappa shape index (κ3) is 5.40. The third-order valence-electron chi connectivity index (χ3n) is 6.79. The normalized spacial score (nSPS) is 15.9. The number of pyridine rings is 1. The fraction of sp³-hybridized carbons (Fsp3) is 0.310. The number of carbonyl (C=O) groups excluding carboxylic acids is 1. The van der Waals surface area contributed by atoms with E-state index in [0.717, 1.165) is 59.5 Å². The fourth-order valence-electron chi connectivity index (χ4n) is 4.84. The monoisotopic (exact) mass is 503 g/mol. The van der Waals surface area contributed by atoms with E-state index in [2.05, 4.69) is 11.0 Å². The van der Waals surface area contributed by atoms with Crippen LogP contribution in [0.25, 0.3) is 10.9 Å². The Hall–Kier alpha value is -3.35. The lowest BCUT2D eigenvalue weighted by molar-refractivity contribution is 0.0718. The minimum Gasteiger partial charge on any atom is -0.467 e. The number of carbonyl (C=O) groups is 1. The maximum Gasteiger partial charge on any atom is 0.254 e. The predicted octanol–water partition coefficient (Wildman–Crippen LogP) is 5.84. The molecule has 2 aromatic heterocycles. The molecule has 6 nitrogen and oxygen atoms in total. The zero-order valence-corrected chi connectivity index (χ0v) is 21.1. The molecule has 7 heteroatoms. The summed E-state index contributed by atoms with van der Waals surface area (Å²) in [4.78, 5) is 22.7. The van der Waals surface area contributed by atoms with Crippen LogP contribution in [0, 0.1) is 12.8 Å². The van der Waals surface area contributed by atoms with Crippen LogP contribution in [-0.2, 0) is 13.1 Å². The maximum absolute atomic E-state index is 13.7. The second-order valence-corrected chi connectivity index (χ2v) is 9.99. The van der Waals surface area contributed by atoms with Crippen LogP contribution in [0.4, 0.5) is 5.82 Å². The molecule has 2 aromatic carbocycles. The molecule has 0 aliphatic carbocycles. The fourth-order valence-corrected chi connectivity index (χ4v) is 5.01. The number of fused-ring (bicyclic) bond motifs is 1. The van der Waals surface area contributed by atoms with Gasteiger partial charge in [-0.25, -0.2) is 4.98 Å². The number of halogens is 1.